The maximum atomic E-state index is 14.1. The van der Waals surface area contributed by atoms with Crippen molar-refractivity contribution in [1.29, 1.82) is 5.26 Å². The number of aromatic hydroxyl groups is 1. The normalized spacial score (nSPS) is 25.5. The molecule has 0 radical (unpaired) electrons. The summed E-state index contributed by atoms with van der Waals surface area (Å²) in [5.41, 5.74) is 3.03. The molecule has 4 bridgehead atoms. The lowest BCUT2D eigenvalue weighted by molar-refractivity contribution is -0.151. The fraction of sp³-hybridized carbons (Fsp3) is 0.372. The zero-order chi connectivity index (χ0) is 41.4. The van der Waals surface area contributed by atoms with Crippen molar-refractivity contribution < 1.29 is 47.6 Å². The summed E-state index contributed by atoms with van der Waals surface area (Å²) in [5.74, 6) is -0.948. The Morgan fingerprint density at radius 1 is 1.10 bits per heavy atom. The molecule has 1 aromatic heterocycles. The van der Waals surface area contributed by atoms with Crippen LogP contribution in [0.4, 0.5) is 0 Å². The average molecular weight is 821 g/mol. The maximum absolute atomic E-state index is 14.1. The molecule has 2 unspecified atom stereocenters. The first-order chi connectivity index (χ1) is 28.5. The lowest BCUT2D eigenvalue weighted by Crippen LogP contribution is -2.70. The molecule has 7 heterocycles. The van der Waals surface area contributed by atoms with Gasteiger partial charge in [-0.1, -0.05) is 30.3 Å². The zero-order valence-electron chi connectivity index (χ0n) is 32.6. The van der Waals surface area contributed by atoms with Gasteiger partial charge in [0.2, 0.25) is 6.79 Å². The molecule has 2 N–H and O–H groups in total. The third-order valence-corrected chi connectivity index (χ3v) is 13.4. The minimum atomic E-state index is -1.26. The van der Waals surface area contributed by atoms with Crippen molar-refractivity contribution >= 4 is 40.6 Å². The third-order valence-electron chi connectivity index (χ3n) is 12.0. The number of thioether (sulfide) groups is 1. The van der Waals surface area contributed by atoms with E-state index < -0.39 is 65.0 Å². The number of phenols is 1. The second-order valence-corrected chi connectivity index (χ2v) is 16.4. The van der Waals surface area contributed by atoms with E-state index >= 15 is 0 Å². The van der Waals surface area contributed by atoms with Crippen molar-refractivity contribution in [3.8, 4) is 34.8 Å². The first-order valence-electron chi connectivity index (χ1n) is 19.2. The Morgan fingerprint density at radius 2 is 1.88 bits per heavy atom. The molecule has 1 amide bonds. The molecule has 6 aliphatic rings. The Bertz CT molecular complexity index is 2590. The van der Waals surface area contributed by atoms with Crippen molar-refractivity contribution in [2.75, 3.05) is 32.8 Å². The van der Waals surface area contributed by atoms with E-state index in [1.165, 1.54) is 31.9 Å². The molecular weight excluding hydrogens is 781 g/mol. The topological polar surface area (TPSA) is 190 Å². The number of ether oxygens (including phenoxy) is 5. The van der Waals surface area contributed by atoms with E-state index in [9.17, 15) is 29.5 Å². The third kappa shape index (κ3) is 5.93. The van der Waals surface area contributed by atoms with E-state index in [1.807, 2.05) is 13.0 Å². The largest absolute Gasteiger partial charge is 0.504 e. The number of esters is 2. The number of para-hydroxylation sites is 1. The summed E-state index contributed by atoms with van der Waals surface area (Å²) in [6.45, 7) is 8.93. The maximum Gasteiger partial charge on any atom is 0.349 e. The van der Waals surface area contributed by atoms with Gasteiger partial charge in [0.15, 0.2) is 23.0 Å². The first kappa shape index (κ1) is 38.5. The summed E-state index contributed by atoms with van der Waals surface area (Å²) in [6.07, 6.45) is 2.18. The Kier molecular flexibility index (Phi) is 9.57. The number of amides is 1. The molecule has 304 valence electrons. The van der Waals surface area contributed by atoms with Crippen molar-refractivity contribution in [3.05, 3.63) is 98.4 Å². The van der Waals surface area contributed by atoms with Gasteiger partial charge in [-0.25, -0.2) is 9.59 Å². The summed E-state index contributed by atoms with van der Waals surface area (Å²) >= 11 is 1.29. The SMILES string of the molecule is C=CCN1[C@@H]2Cc3cc(C)c(OC)c(O)c3[C@H]1C1[C@@H]3SCC(NC(=O)c4cc5ccccc5oc4=O)C(=O)OC[C@@H](c4c5c(c(C)c(OC(C)=O)c43)OCO5)N1[C@H]2C#N. The number of carbonyl (C=O) groups is 3. The minimum Gasteiger partial charge on any atom is -0.504 e. The number of phenolic OH excluding ortho intramolecular Hbond substituents is 1. The second kappa shape index (κ2) is 14.7. The number of hydrogen-bond acceptors (Lipinski definition) is 15. The van der Waals surface area contributed by atoms with Crippen LogP contribution in [0.3, 0.4) is 0 Å². The van der Waals surface area contributed by atoms with Gasteiger partial charge in [0.05, 0.1) is 30.5 Å². The van der Waals surface area contributed by atoms with Crippen LogP contribution < -0.4 is 29.9 Å². The number of rotatable bonds is 6. The van der Waals surface area contributed by atoms with Crippen LogP contribution in [0.5, 0.6) is 28.7 Å². The highest BCUT2D eigenvalue weighted by atomic mass is 32.2. The molecule has 2 saturated heterocycles. The van der Waals surface area contributed by atoms with Crippen molar-refractivity contribution in [3.63, 3.8) is 0 Å². The predicted octanol–water partition coefficient (Wildman–Crippen LogP) is 4.69. The number of nitrogens with zero attached hydrogens (tertiary/aromatic N) is 3. The van der Waals surface area contributed by atoms with Gasteiger partial charge in [0, 0.05) is 58.9 Å². The summed E-state index contributed by atoms with van der Waals surface area (Å²) in [6, 6.07) is 8.22. The number of methoxy groups -OCH3 is 1. The minimum absolute atomic E-state index is 0.0265. The van der Waals surface area contributed by atoms with Crippen molar-refractivity contribution in [2.24, 2.45) is 0 Å². The number of piperazine rings is 1. The Labute approximate surface area is 342 Å². The lowest BCUT2D eigenvalue weighted by Gasteiger charge is -2.62. The van der Waals surface area contributed by atoms with Crippen LogP contribution in [0.1, 0.15) is 68.0 Å². The molecule has 6 aliphatic heterocycles. The predicted molar refractivity (Wildman–Crippen MR) is 213 cm³/mol. The number of aryl methyl sites for hydroxylation is 1. The summed E-state index contributed by atoms with van der Waals surface area (Å²) in [7, 11) is 1.50. The van der Waals surface area contributed by atoms with Crippen LogP contribution in [0.15, 0.2) is 58.3 Å². The number of carbonyl (C=O) groups excluding carboxylic acids is 3. The zero-order valence-corrected chi connectivity index (χ0v) is 33.4. The molecule has 10 rings (SSSR count). The molecule has 0 aliphatic carbocycles. The van der Waals surface area contributed by atoms with E-state index in [2.05, 4.69) is 27.8 Å². The van der Waals surface area contributed by atoms with E-state index in [0.717, 1.165) is 11.1 Å². The van der Waals surface area contributed by atoms with E-state index in [4.69, 9.17) is 28.1 Å². The molecule has 15 nitrogen and oxygen atoms in total. The molecule has 4 aromatic rings. The smallest absolute Gasteiger partial charge is 0.349 e. The highest BCUT2D eigenvalue weighted by Gasteiger charge is 2.61. The van der Waals surface area contributed by atoms with E-state index in [1.54, 1.807) is 37.3 Å². The highest BCUT2D eigenvalue weighted by molar-refractivity contribution is 7.99. The molecule has 3 aromatic carbocycles. The molecular formula is C43H40N4O11S. The Hall–Kier alpha value is -6.02. The monoisotopic (exact) mass is 820 g/mol. The first-order valence-corrected chi connectivity index (χ1v) is 20.2. The van der Waals surface area contributed by atoms with Crippen molar-refractivity contribution in [2.45, 2.75) is 68.7 Å². The molecule has 16 heteroatoms. The van der Waals surface area contributed by atoms with Gasteiger partial charge in [-0.3, -0.25) is 19.4 Å². The summed E-state index contributed by atoms with van der Waals surface area (Å²) in [4.78, 5) is 58.1. The van der Waals surface area contributed by atoms with Gasteiger partial charge in [0.25, 0.3) is 5.91 Å². The number of nitriles is 1. The fourth-order valence-corrected chi connectivity index (χ4v) is 11.3. The number of fused-ring (bicyclic) bond motifs is 11. The van der Waals surface area contributed by atoms with Crippen LogP contribution in [-0.4, -0.2) is 89.7 Å². The van der Waals surface area contributed by atoms with Crippen LogP contribution in [-0.2, 0) is 20.7 Å². The lowest BCUT2D eigenvalue weighted by atomic mass is 9.71. The van der Waals surface area contributed by atoms with Crippen molar-refractivity contribution in [1.82, 2.24) is 15.1 Å². The van der Waals surface area contributed by atoms with Gasteiger partial charge in [-0.2, -0.15) is 5.26 Å². The van der Waals surface area contributed by atoms with Crippen LogP contribution in [0, 0.1) is 25.2 Å². The molecule has 0 saturated carbocycles. The quantitative estimate of drug-likeness (QED) is 0.118. The summed E-state index contributed by atoms with van der Waals surface area (Å²) in [5, 5.41) is 25.8. The van der Waals surface area contributed by atoms with Gasteiger partial charge < -0.3 is 38.5 Å². The standard InChI is InChI=1S/C43H40N4O11S/c1-6-11-46-26-14-23-12-19(2)36(53-5)35(49)30(23)33(46)34-40-32-31(39-38(55-18-56-39)20(3)37(32)57-21(4)48)28(47(34)27(26)15-44)16-54-43(52)25(17-59-40)45-41(50)24-13-22-9-7-8-10-29(22)58-42(24)51/h6-10,12-13,25-28,33-34,40,49H,1,11,14,16-18H2,2-5H3,(H,45,50)/t25?,26-,27+,28+,33+,34?,40-/m1/s1. The average Bonchev–Trinajstić information content (AvgIpc) is 3.70. The van der Waals surface area contributed by atoms with Gasteiger partial charge in [-0.05, 0) is 43.5 Å². The van der Waals surface area contributed by atoms with E-state index in [-0.39, 0.29) is 36.2 Å². The summed E-state index contributed by atoms with van der Waals surface area (Å²) < 4.78 is 35.5. The number of benzene rings is 3. The molecule has 7 atom stereocenters. The fourth-order valence-electron chi connectivity index (χ4n) is 9.77. The van der Waals surface area contributed by atoms with Crippen LogP contribution in [0.25, 0.3) is 11.0 Å². The molecule has 59 heavy (non-hydrogen) atoms. The highest BCUT2D eigenvalue weighted by Crippen LogP contribution is 2.64. The molecule has 0 spiro atoms. The van der Waals surface area contributed by atoms with Crippen LogP contribution >= 0.6 is 11.8 Å². The molecule has 2 fully saturated rings. The second-order valence-electron chi connectivity index (χ2n) is 15.2. The van der Waals surface area contributed by atoms with Gasteiger partial charge in [-0.15, -0.1) is 18.3 Å². The Morgan fingerprint density at radius 3 is 2.63 bits per heavy atom. The van der Waals surface area contributed by atoms with Gasteiger partial charge >= 0.3 is 17.6 Å². The number of hydrogen-bond donors (Lipinski definition) is 2. The van der Waals surface area contributed by atoms with Crippen LogP contribution in [0.2, 0.25) is 0 Å². The van der Waals surface area contributed by atoms with E-state index in [0.29, 0.717) is 63.4 Å². The Balaban J connectivity index is 1.25. The number of nitrogens with one attached hydrogen (secondary N) is 1. The van der Waals surface area contributed by atoms with Gasteiger partial charge in [0.1, 0.15) is 35.6 Å².